The Labute approximate surface area is 133 Å². The molecule has 2 N–H and O–H groups in total. The van der Waals surface area contributed by atoms with E-state index in [-0.39, 0.29) is 0 Å². The Morgan fingerprint density at radius 3 is 2.73 bits per heavy atom. The topological polar surface area (TPSA) is 105 Å². The highest BCUT2D eigenvalue weighted by molar-refractivity contribution is 9.10. The number of hydrogen-bond acceptors (Lipinski definition) is 5. The van der Waals surface area contributed by atoms with E-state index in [1.807, 2.05) is 0 Å². The van der Waals surface area contributed by atoms with Gasteiger partial charge in [-0.1, -0.05) is 22.0 Å². The molecule has 0 heterocycles. The zero-order chi connectivity index (χ0) is 16.1. The zero-order valence-electron chi connectivity index (χ0n) is 11.1. The van der Waals surface area contributed by atoms with E-state index in [2.05, 4.69) is 26.5 Å². The quantitative estimate of drug-likeness (QED) is 0.494. The number of halogens is 1. The number of carbonyl (C=O) groups is 1. The average Bonchev–Trinajstić information content (AvgIpc) is 2.46. The Balaban J connectivity index is 2.05. The fraction of sp³-hybridized carbons (Fsp3) is 0. The van der Waals surface area contributed by atoms with Gasteiger partial charge in [-0.3, -0.25) is 14.9 Å². The van der Waals surface area contributed by atoms with Crippen molar-refractivity contribution in [2.75, 3.05) is 0 Å². The SMILES string of the molecule is O=C(N/N=C/c1ccc([N+](=O)[O-])c(O)c1)c1cccc(Br)c1. The van der Waals surface area contributed by atoms with Crippen LogP contribution in [0.15, 0.2) is 52.0 Å². The Hall–Kier alpha value is -2.74. The zero-order valence-corrected chi connectivity index (χ0v) is 12.6. The molecule has 0 aromatic heterocycles. The predicted molar refractivity (Wildman–Crippen MR) is 84.0 cm³/mol. The standard InChI is InChI=1S/C14H10BrN3O4/c15-11-3-1-2-10(7-11)14(20)17-16-8-9-4-5-12(18(21)22)13(19)6-9/h1-8,19H,(H,17,20)/b16-8+. The lowest BCUT2D eigenvalue weighted by Gasteiger charge is -2.00. The number of nitrogens with zero attached hydrogens (tertiary/aromatic N) is 2. The van der Waals surface area contributed by atoms with Crippen LogP contribution >= 0.6 is 15.9 Å². The van der Waals surface area contributed by atoms with Crippen molar-refractivity contribution in [2.45, 2.75) is 0 Å². The maximum absolute atomic E-state index is 11.8. The second-order valence-corrected chi connectivity index (χ2v) is 5.13. The molecule has 0 atom stereocenters. The van der Waals surface area contributed by atoms with Crippen molar-refractivity contribution in [3.8, 4) is 5.75 Å². The van der Waals surface area contributed by atoms with Gasteiger partial charge in [-0.25, -0.2) is 5.43 Å². The molecule has 0 spiro atoms. The van der Waals surface area contributed by atoms with Crippen LogP contribution in [0.5, 0.6) is 5.75 Å². The molecule has 8 heteroatoms. The van der Waals surface area contributed by atoms with E-state index in [1.165, 1.54) is 18.3 Å². The number of phenolic OH excluding ortho intramolecular Hbond substituents is 1. The molecule has 0 aliphatic carbocycles. The number of aromatic hydroxyl groups is 1. The number of nitrogens with one attached hydrogen (secondary N) is 1. The number of rotatable bonds is 4. The summed E-state index contributed by atoms with van der Waals surface area (Å²) >= 11 is 3.26. The third-order valence-corrected chi connectivity index (χ3v) is 3.16. The average molecular weight is 364 g/mol. The molecule has 22 heavy (non-hydrogen) atoms. The molecule has 0 saturated carbocycles. The van der Waals surface area contributed by atoms with Gasteiger partial charge in [0, 0.05) is 16.1 Å². The predicted octanol–water partition coefficient (Wildman–Crippen LogP) is 2.83. The molecule has 0 saturated heterocycles. The first kappa shape index (κ1) is 15.6. The number of phenols is 1. The lowest BCUT2D eigenvalue weighted by atomic mass is 10.2. The maximum atomic E-state index is 11.8. The number of hydrogen-bond donors (Lipinski definition) is 2. The highest BCUT2D eigenvalue weighted by atomic mass is 79.9. The summed E-state index contributed by atoms with van der Waals surface area (Å²) in [6.45, 7) is 0. The van der Waals surface area contributed by atoms with Gasteiger partial charge in [-0.05, 0) is 35.9 Å². The molecule has 0 unspecified atom stereocenters. The van der Waals surface area contributed by atoms with Crippen molar-refractivity contribution in [3.05, 3.63) is 68.2 Å². The third kappa shape index (κ3) is 3.89. The monoisotopic (exact) mass is 363 g/mol. The number of benzene rings is 2. The summed E-state index contributed by atoms with van der Waals surface area (Å²) < 4.78 is 0.768. The van der Waals surface area contributed by atoms with Crippen LogP contribution in [0.2, 0.25) is 0 Å². The van der Waals surface area contributed by atoms with Crippen LogP contribution < -0.4 is 5.43 Å². The molecule has 0 fully saturated rings. The summed E-state index contributed by atoms with van der Waals surface area (Å²) in [5.74, 6) is -0.865. The van der Waals surface area contributed by atoms with Crippen molar-refractivity contribution in [2.24, 2.45) is 5.10 Å². The molecule has 0 aliphatic heterocycles. The molecule has 7 nitrogen and oxygen atoms in total. The molecule has 0 radical (unpaired) electrons. The van der Waals surface area contributed by atoms with Gasteiger partial charge < -0.3 is 5.11 Å². The number of nitro benzene ring substituents is 1. The van der Waals surface area contributed by atoms with E-state index in [9.17, 15) is 20.0 Å². The normalized spacial score (nSPS) is 10.6. The maximum Gasteiger partial charge on any atom is 0.310 e. The largest absolute Gasteiger partial charge is 0.502 e. The van der Waals surface area contributed by atoms with E-state index >= 15 is 0 Å². The lowest BCUT2D eigenvalue weighted by Crippen LogP contribution is -2.17. The van der Waals surface area contributed by atoms with Gasteiger partial charge in [0.1, 0.15) is 0 Å². The number of carbonyl (C=O) groups excluding carboxylic acids is 1. The highest BCUT2D eigenvalue weighted by Gasteiger charge is 2.12. The van der Waals surface area contributed by atoms with Crippen LogP contribution in [-0.4, -0.2) is 22.2 Å². The lowest BCUT2D eigenvalue weighted by molar-refractivity contribution is -0.385. The molecule has 2 rings (SSSR count). The summed E-state index contributed by atoms with van der Waals surface area (Å²) in [5, 5.41) is 23.8. The molecular formula is C14H10BrN3O4. The molecule has 112 valence electrons. The Morgan fingerprint density at radius 1 is 1.32 bits per heavy atom. The molecule has 1 amide bonds. The molecular weight excluding hydrogens is 354 g/mol. The number of nitro groups is 1. The van der Waals surface area contributed by atoms with Gasteiger partial charge in [0.15, 0.2) is 5.75 Å². The highest BCUT2D eigenvalue weighted by Crippen LogP contribution is 2.25. The first-order valence-corrected chi connectivity index (χ1v) is 6.83. The summed E-state index contributed by atoms with van der Waals surface area (Å²) in [4.78, 5) is 21.7. The molecule has 0 aliphatic rings. The summed E-state index contributed by atoms with van der Waals surface area (Å²) in [6, 6.07) is 10.5. The van der Waals surface area contributed by atoms with Crippen LogP contribution in [0, 0.1) is 10.1 Å². The van der Waals surface area contributed by atoms with Crippen LogP contribution in [0.25, 0.3) is 0 Å². The van der Waals surface area contributed by atoms with Gasteiger partial charge in [-0.15, -0.1) is 0 Å². The van der Waals surface area contributed by atoms with Crippen molar-refractivity contribution >= 4 is 33.7 Å². The Kier molecular flexibility index (Phi) is 4.84. The van der Waals surface area contributed by atoms with Gasteiger partial charge in [0.2, 0.25) is 0 Å². The van der Waals surface area contributed by atoms with Crippen molar-refractivity contribution in [1.29, 1.82) is 0 Å². The number of hydrazone groups is 1. The number of amides is 1. The summed E-state index contributed by atoms with van der Waals surface area (Å²) in [6.07, 6.45) is 1.28. The van der Waals surface area contributed by atoms with Crippen molar-refractivity contribution in [3.63, 3.8) is 0 Å². The van der Waals surface area contributed by atoms with Crippen molar-refractivity contribution < 1.29 is 14.8 Å². The first-order valence-electron chi connectivity index (χ1n) is 6.04. The fourth-order valence-electron chi connectivity index (χ4n) is 1.63. The molecule has 2 aromatic carbocycles. The van der Waals surface area contributed by atoms with E-state index in [4.69, 9.17) is 0 Å². The summed E-state index contributed by atoms with van der Waals surface area (Å²) in [7, 11) is 0. The van der Waals surface area contributed by atoms with Gasteiger partial charge in [-0.2, -0.15) is 5.10 Å². The second kappa shape index (κ2) is 6.81. The minimum absolute atomic E-state index is 0.393. The van der Waals surface area contributed by atoms with Crippen LogP contribution in [0.4, 0.5) is 5.69 Å². The fourth-order valence-corrected chi connectivity index (χ4v) is 2.03. The Morgan fingerprint density at radius 2 is 2.09 bits per heavy atom. The van der Waals surface area contributed by atoms with Crippen LogP contribution in [0.1, 0.15) is 15.9 Å². The minimum atomic E-state index is -0.689. The van der Waals surface area contributed by atoms with Gasteiger partial charge in [0.25, 0.3) is 5.91 Å². The van der Waals surface area contributed by atoms with Gasteiger partial charge in [0.05, 0.1) is 11.1 Å². The molecule has 2 aromatic rings. The van der Waals surface area contributed by atoms with E-state index in [0.29, 0.717) is 11.1 Å². The van der Waals surface area contributed by atoms with Gasteiger partial charge >= 0.3 is 5.69 Å². The Bertz CT molecular complexity index is 762. The smallest absolute Gasteiger partial charge is 0.310 e. The van der Waals surface area contributed by atoms with Crippen LogP contribution in [0.3, 0.4) is 0 Å². The minimum Gasteiger partial charge on any atom is -0.502 e. The van der Waals surface area contributed by atoms with Crippen molar-refractivity contribution in [1.82, 2.24) is 5.43 Å². The third-order valence-electron chi connectivity index (χ3n) is 2.66. The van der Waals surface area contributed by atoms with Crippen LogP contribution in [-0.2, 0) is 0 Å². The first-order chi connectivity index (χ1) is 10.5. The van der Waals surface area contributed by atoms with E-state index in [0.717, 1.165) is 10.5 Å². The second-order valence-electron chi connectivity index (χ2n) is 4.21. The molecule has 0 bridgehead atoms. The van der Waals surface area contributed by atoms with E-state index in [1.54, 1.807) is 24.3 Å². The van der Waals surface area contributed by atoms with E-state index < -0.39 is 22.3 Å². The summed E-state index contributed by atoms with van der Waals surface area (Å²) in [5.41, 5.74) is 2.78.